The lowest BCUT2D eigenvalue weighted by Crippen LogP contribution is -2.48. The van der Waals surface area contributed by atoms with E-state index in [1.807, 2.05) is 4.90 Å². The Morgan fingerprint density at radius 3 is 2.52 bits per heavy atom. The zero-order valence-electron chi connectivity index (χ0n) is 15.3. The maximum absolute atomic E-state index is 11.4. The first kappa shape index (κ1) is 17.9. The molecule has 1 saturated carbocycles. The van der Waals surface area contributed by atoms with Crippen LogP contribution >= 0.6 is 0 Å². The van der Waals surface area contributed by atoms with Crippen molar-refractivity contribution < 1.29 is 14.3 Å². The third kappa shape index (κ3) is 4.39. The predicted molar refractivity (Wildman–Crippen MR) is 95.6 cm³/mol. The molecule has 1 aromatic heterocycles. The van der Waals surface area contributed by atoms with E-state index in [0.717, 1.165) is 25.4 Å². The Hall–Kier alpha value is -1.91. The first-order chi connectivity index (χ1) is 12.0. The monoisotopic (exact) mass is 344 g/mol. The molecule has 5 nitrogen and oxygen atoms in total. The molecule has 0 bridgehead atoms. The van der Waals surface area contributed by atoms with Crippen LogP contribution in [0.1, 0.15) is 62.7 Å². The van der Waals surface area contributed by atoms with Gasteiger partial charge < -0.3 is 9.64 Å². The van der Waals surface area contributed by atoms with Crippen LogP contribution in [0, 0.1) is 11.3 Å². The first-order valence-electron chi connectivity index (χ1n) is 9.33. The number of nitrogens with zero attached hydrogens (tertiary/aromatic N) is 2. The van der Waals surface area contributed by atoms with Gasteiger partial charge in [-0.2, -0.15) is 0 Å². The second-order valence-electron chi connectivity index (χ2n) is 7.71. The molecule has 1 aliphatic heterocycles. The number of pyridine rings is 1. The largest absolute Gasteiger partial charge is 0.478 e. The van der Waals surface area contributed by atoms with E-state index < -0.39 is 0 Å². The number of likely N-dealkylation sites (tertiary alicyclic amines) is 1. The number of hydrogen-bond acceptors (Lipinski definition) is 4. The van der Waals surface area contributed by atoms with Gasteiger partial charge in [-0.15, -0.1) is 0 Å². The minimum absolute atomic E-state index is 0.0205. The third-order valence-corrected chi connectivity index (χ3v) is 5.86. The van der Waals surface area contributed by atoms with Crippen molar-refractivity contribution in [1.82, 2.24) is 9.88 Å². The van der Waals surface area contributed by atoms with Crippen molar-refractivity contribution in [2.24, 2.45) is 11.3 Å². The normalized spacial score (nSPS) is 19.5. The SMILES string of the molecule is CC(=O)c1ccc(OCCCC2CC3(CCN(C(C)=O)CC3)C2)nc1. The highest BCUT2D eigenvalue weighted by molar-refractivity contribution is 5.93. The number of rotatable bonds is 6. The summed E-state index contributed by atoms with van der Waals surface area (Å²) in [4.78, 5) is 28.8. The molecule has 25 heavy (non-hydrogen) atoms. The van der Waals surface area contributed by atoms with E-state index in [-0.39, 0.29) is 11.7 Å². The van der Waals surface area contributed by atoms with Gasteiger partial charge in [-0.25, -0.2) is 4.98 Å². The fourth-order valence-electron chi connectivity index (χ4n) is 4.30. The van der Waals surface area contributed by atoms with Gasteiger partial charge in [-0.1, -0.05) is 0 Å². The van der Waals surface area contributed by atoms with E-state index in [1.54, 1.807) is 25.3 Å². The molecule has 0 radical (unpaired) electrons. The molecule has 0 N–H and O–H groups in total. The maximum atomic E-state index is 11.4. The Kier molecular flexibility index (Phi) is 5.40. The number of aromatic nitrogens is 1. The molecule has 0 aromatic carbocycles. The molecule has 1 amide bonds. The van der Waals surface area contributed by atoms with Crippen LogP contribution in [0.4, 0.5) is 0 Å². The number of ether oxygens (including phenoxy) is 1. The van der Waals surface area contributed by atoms with Crippen LogP contribution in [0.2, 0.25) is 0 Å². The van der Waals surface area contributed by atoms with Crippen LogP contribution in [0.5, 0.6) is 5.88 Å². The van der Waals surface area contributed by atoms with E-state index in [9.17, 15) is 9.59 Å². The molecule has 2 aliphatic rings. The summed E-state index contributed by atoms with van der Waals surface area (Å²) in [6.45, 7) is 5.76. The van der Waals surface area contributed by atoms with Crippen molar-refractivity contribution in [3.63, 3.8) is 0 Å². The average molecular weight is 344 g/mol. The summed E-state index contributed by atoms with van der Waals surface area (Å²) < 4.78 is 5.67. The highest BCUT2D eigenvalue weighted by Crippen LogP contribution is 2.53. The Morgan fingerprint density at radius 1 is 1.24 bits per heavy atom. The highest BCUT2D eigenvalue weighted by Gasteiger charge is 2.45. The highest BCUT2D eigenvalue weighted by atomic mass is 16.5. The van der Waals surface area contributed by atoms with Crippen LogP contribution in [-0.4, -0.2) is 41.3 Å². The van der Waals surface area contributed by atoms with Crippen molar-refractivity contribution in [3.8, 4) is 5.88 Å². The lowest BCUT2D eigenvalue weighted by atomic mass is 9.56. The second kappa shape index (κ2) is 7.54. The van der Waals surface area contributed by atoms with Gasteiger partial charge in [0.25, 0.3) is 0 Å². The summed E-state index contributed by atoms with van der Waals surface area (Å²) in [5, 5.41) is 0. The summed E-state index contributed by atoms with van der Waals surface area (Å²) in [6, 6.07) is 3.52. The zero-order valence-corrected chi connectivity index (χ0v) is 15.3. The fourth-order valence-corrected chi connectivity index (χ4v) is 4.30. The van der Waals surface area contributed by atoms with Crippen LogP contribution in [0.15, 0.2) is 18.3 Å². The summed E-state index contributed by atoms with van der Waals surface area (Å²) in [6.07, 6.45) is 8.77. The minimum atomic E-state index is 0.0205. The number of piperidine rings is 1. The lowest BCUT2D eigenvalue weighted by Gasteiger charge is -2.52. The minimum Gasteiger partial charge on any atom is -0.478 e. The molecule has 3 rings (SSSR count). The second-order valence-corrected chi connectivity index (χ2v) is 7.71. The smallest absolute Gasteiger partial charge is 0.219 e. The van der Waals surface area contributed by atoms with Crippen LogP contribution < -0.4 is 4.74 Å². The van der Waals surface area contributed by atoms with Crippen molar-refractivity contribution in [2.75, 3.05) is 19.7 Å². The number of carbonyl (C=O) groups is 2. The number of ketones is 1. The third-order valence-electron chi connectivity index (χ3n) is 5.86. The standard InChI is InChI=1S/C20H28N2O3/c1-15(23)18-5-6-19(21-14-18)25-11-3-4-17-12-20(13-17)7-9-22(10-8-20)16(2)24/h5-6,14,17H,3-4,7-13H2,1-2H3. The molecular formula is C20H28N2O3. The number of amides is 1. The van der Waals surface area contributed by atoms with Gasteiger partial charge in [-0.3, -0.25) is 9.59 Å². The quantitative estimate of drug-likeness (QED) is 0.585. The molecule has 136 valence electrons. The Morgan fingerprint density at radius 2 is 1.96 bits per heavy atom. The molecule has 5 heteroatoms. The summed E-state index contributed by atoms with van der Waals surface area (Å²) >= 11 is 0. The van der Waals surface area contributed by atoms with E-state index in [1.165, 1.54) is 39.0 Å². The number of hydrogen-bond donors (Lipinski definition) is 0. The molecule has 0 atom stereocenters. The predicted octanol–water partition coefficient (Wildman–Crippen LogP) is 3.48. The van der Waals surface area contributed by atoms with Crippen molar-refractivity contribution >= 4 is 11.7 Å². The van der Waals surface area contributed by atoms with Gasteiger partial charge in [-0.05, 0) is 62.8 Å². The van der Waals surface area contributed by atoms with Crippen LogP contribution in [-0.2, 0) is 4.79 Å². The van der Waals surface area contributed by atoms with E-state index >= 15 is 0 Å². The molecular weight excluding hydrogens is 316 g/mol. The van der Waals surface area contributed by atoms with Crippen LogP contribution in [0.3, 0.4) is 0 Å². The van der Waals surface area contributed by atoms with Gasteiger partial charge >= 0.3 is 0 Å². The molecule has 2 heterocycles. The van der Waals surface area contributed by atoms with Crippen molar-refractivity contribution in [3.05, 3.63) is 23.9 Å². The van der Waals surface area contributed by atoms with Gasteiger partial charge in [0, 0.05) is 37.8 Å². The number of Topliss-reactive ketones (excluding diaryl/α,β-unsaturated/α-hetero) is 1. The van der Waals surface area contributed by atoms with E-state index in [4.69, 9.17) is 4.74 Å². The molecule has 1 saturated heterocycles. The zero-order chi connectivity index (χ0) is 17.9. The molecule has 0 unspecified atom stereocenters. The molecule has 2 fully saturated rings. The first-order valence-corrected chi connectivity index (χ1v) is 9.33. The van der Waals surface area contributed by atoms with Crippen molar-refractivity contribution in [2.45, 2.75) is 52.4 Å². The Labute approximate surface area is 149 Å². The van der Waals surface area contributed by atoms with Gasteiger partial charge in [0.05, 0.1) is 6.61 Å². The molecule has 1 aliphatic carbocycles. The Bertz CT molecular complexity index is 610. The van der Waals surface area contributed by atoms with E-state index in [0.29, 0.717) is 23.5 Å². The van der Waals surface area contributed by atoms with Gasteiger partial charge in [0.2, 0.25) is 11.8 Å². The fraction of sp³-hybridized carbons (Fsp3) is 0.650. The topological polar surface area (TPSA) is 59.5 Å². The van der Waals surface area contributed by atoms with Crippen molar-refractivity contribution in [1.29, 1.82) is 0 Å². The molecule has 1 spiro atoms. The van der Waals surface area contributed by atoms with Crippen LogP contribution in [0.25, 0.3) is 0 Å². The average Bonchev–Trinajstić information content (AvgIpc) is 2.57. The number of carbonyl (C=O) groups excluding carboxylic acids is 2. The summed E-state index contributed by atoms with van der Waals surface area (Å²) in [5.41, 5.74) is 1.13. The summed E-state index contributed by atoms with van der Waals surface area (Å²) in [7, 11) is 0. The maximum Gasteiger partial charge on any atom is 0.219 e. The Balaban J connectivity index is 1.31. The molecule has 1 aromatic rings. The summed E-state index contributed by atoms with van der Waals surface area (Å²) in [5.74, 6) is 1.63. The van der Waals surface area contributed by atoms with E-state index in [2.05, 4.69) is 4.98 Å². The lowest BCUT2D eigenvalue weighted by molar-refractivity contribution is -0.133. The van der Waals surface area contributed by atoms with Gasteiger partial charge in [0.1, 0.15) is 0 Å². The van der Waals surface area contributed by atoms with Gasteiger partial charge in [0.15, 0.2) is 5.78 Å².